The Bertz CT molecular complexity index is 298. The molecule has 1 aromatic rings. The highest BCUT2D eigenvalue weighted by atomic mass is 19.3. The number of hydrogen-bond donors (Lipinski definition) is 1. The highest BCUT2D eigenvalue weighted by Crippen LogP contribution is 2.32. The van der Waals surface area contributed by atoms with Crippen LogP contribution in [0.1, 0.15) is 40.2 Å². The van der Waals surface area contributed by atoms with Crippen molar-refractivity contribution in [2.45, 2.75) is 46.6 Å². The quantitative estimate of drug-likeness (QED) is 0.827. The van der Waals surface area contributed by atoms with Crippen molar-refractivity contribution in [1.29, 1.82) is 0 Å². The summed E-state index contributed by atoms with van der Waals surface area (Å²) < 4.78 is 39.0. The summed E-state index contributed by atoms with van der Waals surface area (Å²) in [5, 5.41) is 8.74. The van der Waals surface area contributed by atoms with Crippen LogP contribution in [0.3, 0.4) is 0 Å². The zero-order chi connectivity index (χ0) is 14.1. The lowest BCUT2D eigenvalue weighted by Gasteiger charge is -2.19. The molecule has 0 heterocycles. The molecule has 0 aliphatic heterocycles. The second-order valence-electron chi connectivity index (χ2n) is 2.78. The molecule has 0 saturated heterocycles. The molecule has 1 aromatic carbocycles. The molecular weight excluding hydrogens is 229 g/mol. The van der Waals surface area contributed by atoms with E-state index in [0.29, 0.717) is 0 Å². The maximum absolute atomic E-state index is 13.0. The number of rotatable bonds is 2. The van der Waals surface area contributed by atoms with E-state index >= 15 is 0 Å². The van der Waals surface area contributed by atoms with Gasteiger partial charge in [0.05, 0.1) is 5.56 Å². The monoisotopic (exact) mass is 250 g/mol. The van der Waals surface area contributed by atoms with E-state index in [1.165, 1.54) is 12.1 Å². The molecule has 100 valence electrons. The summed E-state index contributed by atoms with van der Waals surface area (Å²) in [6, 6.07) is 4.51. The Balaban J connectivity index is 0. The van der Waals surface area contributed by atoms with Crippen LogP contribution in [0, 0.1) is 5.82 Å². The average molecular weight is 250 g/mol. The zero-order valence-electron chi connectivity index (χ0n) is 11.0. The number of aliphatic hydroxyl groups is 1. The first-order valence-corrected chi connectivity index (χ1v) is 5.77. The van der Waals surface area contributed by atoms with Gasteiger partial charge in [-0.2, -0.15) is 8.78 Å². The van der Waals surface area contributed by atoms with Crippen LogP contribution in [-0.2, 0) is 5.92 Å². The van der Waals surface area contributed by atoms with Crippen molar-refractivity contribution in [3.05, 3.63) is 35.6 Å². The van der Waals surface area contributed by atoms with Gasteiger partial charge in [0.15, 0.2) is 0 Å². The third-order valence-corrected chi connectivity index (χ3v) is 1.76. The predicted octanol–water partition coefficient (Wildman–Crippen LogP) is 4.35. The van der Waals surface area contributed by atoms with Crippen molar-refractivity contribution in [3.63, 3.8) is 0 Å². The number of benzene rings is 1. The first-order valence-electron chi connectivity index (χ1n) is 5.77. The highest BCUT2D eigenvalue weighted by molar-refractivity contribution is 5.23. The van der Waals surface area contributed by atoms with Crippen molar-refractivity contribution in [2.75, 3.05) is 0 Å². The van der Waals surface area contributed by atoms with Crippen molar-refractivity contribution >= 4 is 0 Å². The van der Waals surface area contributed by atoms with Crippen LogP contribution in [0.5, 0.6) is 0 Å². The molecule has 1 rings (SSSR count). The van der Waals surface area contributed by atoms with Crippen LogP contribution in [-0.4, -0.2) is 11.2 Å². The van der Waals surface area contributed by atoms with E-state index in [4.69, 9.17) is 5.11 Å². The van der Waals surface area contributed by atoms with Crippen molar-refractivity contribution in [1.82, 2.24) is 0 Å². The lowest BCUT2D eigenvalue weighted by Crippen LogP contribution is -2.29. The first-order chi connectivity index (χ1) is 7.96. The van der Waals surface area contributed by atoms with Gasteiger partial charge < -0.3 is 5.11 Å². The van der Waals surface area contributed by atoms with Crippen LogP contribution in [0.2, 0.25) is 0 Å². The molecule has 0 aromatic heterocycles. The topological polar surface area (TPSA) is 20.2 Å². The Labute approximate surface area is 101 Å². The standard InChI is InChI=1S/C9H9F3O.2C2H6/c1-6(13)9(11,12)7-4-2-3-5-8(7)10;2*1-2/h2-6,13H,1H3;2*1-2H3/t6-;;/m1../s1. The second kappa shape index (κ2) is 9.05. The number of alkyl halides is 2. The normalized spacial score (nSPS) is 11.6. The van der Waals surface area contributed by atoms with Gasteiger partial charge in [-0.25, -0.2) is 4.39 Å². The molecule has 0 aliphatic carbocycles. The maximum Gasteiger partial charge on any atom is 0.301 e. The molecule has 4 heteroatoms. The smallest absolute Gasteiger partial charge is 0.301 e. The van der Waals surface area contributed by atoms with Crippen molar-refractivity contribution < 1.29 is 18.3 Å². The summed E-state index contributed by atoms with van der Waals surface area (Å²) in [5.41, 5.74) is -0.773. The van der Waals surface area contributed by atoms with Gasteiger partial charge in [-0.1, -0.05) is 39.8 Å². The van der Waals surface area contributed by atoms with Gasteiger partial charge in [0.25, 0.3) is 0 Å². The van der Waals surface area contributed by atoms with Gasteiger partial charge in [-0.3, -0.25) is 0 Å². The zero-order valence-corrected chi connectivity index (χ0v) is 11.0. The molecule has 0 amide bonds. The van der Waals surface area contributed by atoms with E-state index in [-0.39, 0.29) is 0 Å². The largest absolute Gasteiger partial charge is 0.387 e. The second-order valence-corrected chi connectivity index (χ2v) is 2.78. The summed E-state index contributed by atoms with van der Waals surface area (Å²) >= 11 is 0. The van der Waals surface area contributed by atoms with Crippen LogP contribution < -0.4 is 0 Å². The minimum absolute atomic E-state index is 0.773. The third-order valence-electron chi connectivity index (χ3n) is 1.76. The van der Waals surface area contributed by atoms with E-state index in [1.807, 2.05) is 27.7 Å². The van der Waals surface area contributed by atoms with Crippen LogP contribution >= 0.6 is 0 Å². The van der Waals surface area contributed by atoms with Gasteiger partial charge in [0, 0.05) is 0 Å². The first kappa shape index (κ1) is 18.3. The molecule has 1 N–H and O–H groups in total. The summed E-state index contributed by atoms with van der Waals surface area (Å²) in [6.45, 7) is 8.92. The molecule has 0 saturated carbocycles. The molecule has 1 nitrogen and oxygen atoms in total. The molecule has 1 atom stereocenters. The van der Waals surface area contributed by atoms with Crippen LogP contribution in [0.15, 0.2) is 24.3 Å². The Hall–Kier alpha value is -1.03. The van der Waals surface area contributed by atoms with Gasteiger partial charge in [0.1, 0.15) is 11.9 Å². The van der Waals surface area contributed by atoms with E-state index in [0.717, 1.165) is 19.1 Å². The predicted molar refractivity (Wildman–Crippen MR) is 64.7 cm³/mol. The van der Waals surface area contributed by atoms with Gasteiger partial charge in [-0.05, 0) is 19.1 Å². The van der Waals surface area contributed by atoms with Crippen molar-refractivity contribution in [3.8, 4) is 0 Å². The maximum atomic E-state index is 13.0. The number of aliphatic hydroxyl groups excluding tert-OH is 1. The molecule has 0 aliphatic rings. The third kappa shape index (κ3) is 5.22. The van der Waals surface area contributed by atoms with E-state index in [1.54, 1.807) is 0 Å². The molecular formula is C13H21F3O. The van der Waals surface area contributed by atoms with E-state index in [2.05, 4.69) is 0 Å². The lowest BCUT2D eigenvalue weighted by molar-refractivity contribution is -0.108. The summed E-state index contributed by atoms with van der Waals surface area (Å²) in [7, 11) is 0. The molecule has 0 bridgehead atoms. The molecule has 17 heavy (non-hydrogen) atoms. The Morgan fingerprint density at radius 3 is 1.82 bits per heavy atom. The SMILES string of the molecule is CC.CC.C[C@@H](O)C(F)(F)c1ccccc1F. The fraction of sp³-hybridized carbons (Fsp3) is 0.538. The minimum Gasteiger partial charge on any atom is -0.387 e. The van der Waals surface area contributed by atoms with Crippen LogP contribution in [0.25, 0.3) is 0 Å². The Morgan fingerprint density at radius 2 is 1.47 bits per heavy atom. The number of halogens is 3. The summed E-state index contributed by atoms with van der Waals surface area (Å²) in [6.07, 6.45) is -1.90. The van der Waals surface area contributed by atoms with Crippen molar-refractivity contribution in [2.24, 2.45) is 0 Å². The van der Waals surface area contributed by atoms with E-state index in [9.17, 15) is 13.2 Å². The fourth-order valence-electron chi connectivity index (χ4n) is 0.957. The minimum atomic E-state index is -3.54. The van der Waals surface area contributed by atoms with Crippen LogP contribution in [0.4, 0.5) is 13.2 Å². The molecule has 0 radical (unpaired) electrons. The van der Waals surface area contributed by atoms with Gasteiger partial charge in [0.2, 0.25) is 0 Å². The molecule has 0 fully saturated rings. The average Bonchev–Trinajstić information content (AvgIpc) is 2.34. The highest BCUT2D eigenvalue weighted by Gasteiger charge is 2.39. The van der Waals surface area contributed by atoms with E-state index < -0.39 is 23.4 Å². The Morgan fingerprint density at radius 1 is 1.06 bits per heavy atom. The van der Waals surface area contributed by atoms with Gasteiger partial charge in [-0.15, -0.1) is 0 Å². The number of hydrogen-bond acceptors (Lipinski definition) is 1. The summed E-state index contributed by atoms with van der Waals surface area (Å²) in [4.78, 5) is 0. The summed E-state index contributed by atoms with van der Waals surface area (Å²) in [5.74, 6) is -4.54. The molecule has 0 spiro atoms. The van der Waals surface area contributed by atoms with Gasteiger partial charge >= 0.3 is 5.92 Å². The Kier molecular flexibility index (Phi) is 9.76. The fourth-order valence-corrected chi connectivity index (χ4v) is 0.957. The lowest BCUT2D eigenvalue weighted by atomic mass is 10.0. The molecule has 0 unspecified atom stereocenters.